The maximum Gasteiger partial charge on any atom is 0.238 e. The molecule has 1 aliphatic carbocycles. The zero-order valence-electron chi connectivity index (χ0n) is 8.08. The van der Waals surface area contributed by atoms with E-state index in [1.807, 2.05) is 0 Å². The normalized spacial score (nSPS) is 28.8. The Morgan fingerprint density at radius 3 is 2.93 bits per heavy atom. The van der Waals surface area contributed by atoms with E-state index in [-0.39, 0.29) is 24.0 Å². The van der Waals surface area contributed by atoms with Crippen molar-refractivity contribution in [1.82, 2.24) is 10.6 Å². The molecular weight excluding hydrogens is 200 g/mol. The van der Waals surface area contributed by atoms with Crippen LogP contribution in [0.5, 0.6) is 0 Å². The third-order valence-electron chi connectivity index (χ3n) is 2.96. The zero-order chi connectivity index (χ0) is 10.0. The summed E-state index contributed by atoms with van der Waals surface area (Å²) in [6, 6.07) is -0.0329. The molecular formula is C9H16N2O2S. The minimum atomic E-state index is -0.0329. The number of hydrogen-bond acceptors (Lipinski definition) is 4. The fraction of sp³-hybridized carbons (Fsp3) is 0.889. The average molecular weight is 216 g/mol. The van der Waals surface area contributed by atoms with E-state index in [9.17, 15) is 4.79 Å². The first-order chi connectivity index (χ1) is 6.76. The van der Waals surface area contributed by atoms with Gasteiger partial charge in [0.15, 0.2) is 0 Å². The number of rotatable bonds is 4. The number of aliphatic hydroxyl groups excluding tert-OH is 1. The second-order valence-corrected chi connectivity index (χ2v) is 5.18. The highest BCUT2D eigenvalue weighted by Crippen LogP contribution is 2.44. The number of amides is 1. The molecule has 0 aromatic heterocycles. The van der Waals surface area contributed by atoms with Gasteiger partial charge in [-0.25, -0.2) is 0 Å². The zero-order valence-corrected chi connectivity index (χ0v) is 8.90. The smallest absolute Gasteiger partial charge is 0.238 e. The molecule has 0 aromatic rings. The summed E-state index contributed by atoms with van der Waals surface area (Å²) in [7, 11) is 0. The minimum absolute atomic E-state index is 0.0153. The number of carbonyl (C=O) groups is 1. The Hall–Kier alpha value is -0.260. The van der Waals surface area contributed by atoms with Gasteiger partial charge in [-0.15, -0.1) is 11.8 Å². The van der Waals surface area contributed by atoms with E-state index in [2.05, 4.69) is 10.6 Å². The van der Waals surface area contributed by atoms with Crippen LogP contribution < -0.4 is 10.6 Å². The lowest BCUT2D eigenvalue weighted by atomic mass is 10.1. The van der Waals surface area contributed by atoms with Crippen LogP contribution in [-0.4, -0.2) is 41.8 Å². The lowest BCUT2D eigenvalue weighted by molar-refractivity contribution is -0.122. The Balaban J connectivity index is 1.72. The molecule has 1 saturated heterocycles. The SMILES string of the molecule is O=C(NCC1(CO)CC1)C1CSCN1. The van der Waals surface area contributed by atoms with Crippen LogP contribution in [0.2, 0.25) is 0 Å². The Labute approximate surface area is 87.8 Å². The van der Waals surface area contributed by atoms with Gasteiger partial charge in [0.25, 0.3) is 0 Å². The van der Waals surface area contributed by atoms with E-state index in [4.69, 9.17) is 5.11 Å². The van der Waals surface area contributed by atoms with Crippen molar-refractivity contribution in [1.29, 1.82) is 0 Å². The monoisotopic (exact) mass is 216 g/mol. The molecule has 3 N–H and O–H groups in total. The average Bonchev–Trinajstić information content (AvgIpc) is 2.78. The molecule has 1 saturated carbocycles. The van der Waals surface area contributed by atoms with E-state index < -0.39 is 0 Å². The number of thioether (sulfide) groups is 1. The topological polar surface area (TPSA) is 61.4 Å². The van der Waals surface area contributed by atoms with Gasteiger partial charge in [0.1, 0.15) is 0 Å². The van der Waals surface area contributed by atoms with Gasteiger partial charge in [0, 0.05) is 23.6 Å². The fourth-order valence-electron chi connectivity index (χ4n) is 1.53. The molecule has 14 heavy (non-hydrogen) atoms. The minimum Gasteiger partial charge on any atom is -0.396 e. The Morgan fingerprint density at radius 1 is 1.64 bits per heavy atom. The molecule has 5 heteroatoms. The summed E-state index contributed by atoms with van der Waals surface area (Å²) in [4.78, 5) is 11.6. The van der Waals surface area contributed by atoms with Crippen molar-refractivity contribution in [3.05, 3.63) is 0 Å². The maximum absolute atomic E-state index is 11.6. The summed E-state index contributed by atoms with van der Waals surface area (Å²) in [5.41, 5.74) is 0.0153. The first-order valence-electron chi connectivity index (χ1n) is 4.95. The number of nitrogens with one attached hydrogen (secondary N) is 2. The molecule has 0 radical (unpaired) electrons. The third-order valence-corrected chi connectivity index (χ3v) is 3.90. The summed E-state index contributed by atoms with van der Waals surface area (Å²) < 4.78 is 0. The first-order valence-corrected chi connectivity index (χ1v) is 6.11. The van der Waals surface area contributed by atoms with Crippen LogP contribution in [0.1, 0.15) is 12.8 Å². The van der Waals surface area contributed by atoms with Crippen molar-refractivity contribution in [2.75, 3.05) is 24.8 Å². The second-order valence-electron chi connectivity index (χ2n) is 4.15. The van der Waals surface area contributed by atoms with Crippen molar-refractivity contribution in [3.63, 3.8) is 0 Å². The summed E-state index contributed by atoms with van der Waals surface area (Å²) in [6.07, 6.45) is 2.08. The lowest BCUT2D eigenvalue weighted by Gasteiger charge is -2.15. The van der Waals surface area contributed by atoms with Gasteiger partial charge in [-0.1, -0.05) is 0 Å². The summed E-state index contributed by atoms with van der Waals surface area (Å²) in [5.74, 6) is 1.80. The van der Waals surface area contributed by atoms with E-state index in [0.717, 1.165) is 24.5 Å². The molecule has 1 amide bonds. The lowest BCUT2D eigenvalue weighted by Crippen LogP contribution is -2.44. The highest BCUT2D eigenvalue weighted by molar-refractivity contribution is 7.99. The van der Waals surface area contributed by atoms with Crippen molar-refractivity contribution >= 4 is 17.7 Å². The summed E-state index contributed by atoms with van der Waals surface area (Å²) >= 11 is 1.74. The molecule has 2 rings (SSSR count). The van der Waals surface area contributed by atoms with Gasteiger partial charge in [0.05, 0.1) is 12.6 Å². The molecule has 80 valence electrons. The van der Waals surface area contributed by atoms with E-state index >= 15 is 0 Å². The molecule has 1 atom stereocenters. The molecule has 0 bridgehead atoms. The highest BCUT2D eigenvalue weighted by atomic mass is 32.2. The first kappa shape index (κ1) is 10.3. The van der Waals surface area contributed by atoms with Crippen LogP contribution in [0.3, 0.4) is 0 Å². The van der Waals surface area contributed by atoms with Gasteiger partial charge in [-0.3, -0.25) is 10.1 Å². The van der Waals surface area contributed by atoms with Crippen LogP contribution >= 0.6 is 11.8 Å². The predicted molar refractivity (Wildman–Crippen MR) is 56.0 cm³/mol. The van der Waals surface area contributed by atoms with Gasteiger partial charge < -0.3 is 10.4 Å². The number of aliphatic hydroxyl groups is 1. The summed E-state index contributed by atoms with van der Waals surface area (Å²) in [6.45, 7) is 0.825. The molecule has 0 aromatic carbocycles. The standard InChI is InChI=1S/C9H16N2O2S/c12-5-9(1-2-9)4-10-8(13)7-3-14-6-11-7/h7,11-12H,1-6H2,(H,10,13). The maximum atomic E-state index is 11.6. The molecule has 2 fully saturated rings. The molecule has 0 spiro atoms. The highest BCUT2D eigenvalue weighted by Gasteiger charge is 2.42. The number of hydrogen-bond donors (Lipinski definition) is 3. The van der Waals surface area contributed by atoms with E-state index in [1.165, 1.54) is 0 Å². The van der Waals surface area contributed by atoms with Crippen LogP contribution in [0, 0.1) is 5.41 Å². The van der Waals surface area contributed by atoms with Gasteiger partial charge in [-0.2, -0.15) is 0 Å². The molecule has 1 aliphatic heterocycles. The predicted octanol–water partition coefficient (Wildman–Crippen LogP) is -0.462. The second kappa shape index (κ2) is 4.08. The van der Waals surface area contributed by atoms with Crippen LogP contribution in [0.4, 0.5) is 0 Å². The number of carbonyl (C=O) groups excluding carboxylic acids is 1. The van der Waals surface area contributed by atoms with Crippen molar-refractivity contribution in [2.24, 2.45) is 5.41 Å². The van der Waals surface area contributed by atoms with Crippen LogP contribution in [0.25, 0.3) is 0 Å². The van der Waals surface area contributed by atoms with Crippen molar-refractivity contribution in [2.45, 2.75) is 18.9 Å². The molecule has 1 unspecified atom stereocenters. The molecule has 2 aliphatic rings. The Bertz CT molecular complexity index is 225. The molecule has 4 nitrogen and oxygen atoms in total. The molecule has 1 heterocycles. The largest absolute Gasteiger partial charge is 0.396 e. The van der Waals surface area contributed by atoms with Crippen LogP contribution in [-0.2, 0) is 4.79 Å². The summed E-state index contributed by atoms with van der Waals surface area (Å²) in [5, 5.41) is 15.1. The quantitative estimate of drug-likeness (QED) is 0.595. The third kappa shape index (κ3) is 2.21. The van der Waals surface area contributed by atoms with E-state index in [0.29, 0.717) is 6.54 Å². The van der Waals surface area contributed by atoms with Crippen molar-refractivity contribution < 1.29 is 9.90 Å². The van der Waals surface area contributed by atoms with Gasteiger partial charge >= 0.3 is 0 Å². The Kier molecular flexibility index (Phi) is 2.99. The van der Waals surface area contributed by atoms with Gasteiger partial charge in [-0.05, 0) is 12.8 Å². The van der Waals surface area contributed by atoms with Crippen molar-refractivity contribution in [3.8, 4) is 0 Å². The van der Waals surface area contributed by atoms with Crippen LogP contribution in [0.15, 0.2) is 0 Å². The Morgan fingerprint density at radius 2 is 2.43 bits per heavy atom. The fourth-order valence-corrected chi connectivity index (χ4v) is 2.47. The van der Waals surface area contributed by atoms with E-state index in [1.54, 1.807) is 11.8 Å². The van der Waals surface area contributed by atoms with Gasteiger partial charge in [0.2, 0.25) is 5.91 Å².